The maximum atomic E-state index is 13.4. The van der Waals surface area contributed by atoms with Crippen LogP contribution in [0.1, 0.15) is 16.1 Å². The van der Waals surface area contributed by atoms with Crippen LogP contribution in [0.25, 0.3) is 28.8 Å². The molecule has 0 unspecified atom stereocenters. The van der Waals surface area contributed by atoms with Gasteiger partial charge in [0.1, 0.15) is 16.0 Å². The zero-order valence-electron chi connectivity index (χ0n) is 17.9. The predicted octanol–water partition coefficient (Wildman–Crippen LogP) is 6.12. The zero-order valence-corrected chi connectivity index (χ0v) is 21.8. The molecule has 1 amide bonds. The van der Waals surface area contributed by atoms with E-state index in [0.717, 1.165) is 10.0 Å². The fourth-order valence-corrected chi connectivity index (χ4v) is 4.55. The number of hydrogen-bond acceptors (Lipinski definition) is 7. The van der Waals surface area contributed by atoms with Gasteiger partial charge in [-0.05, 0) is 64.8 Å². The van der Waals surface area contributed by atoms with E-state index in [0.29, 0.717) is 38.2 Å². The third kappa shape index (κ3) is 4.75. The number of aryl methyl sites for hydroxylation is 1. The normalized spacial score (nSPS) is 11.0. The number of anilines is 1. The van der Waals surface area contributed by atoms with E-state index in [1.165, 1.54) is 4.68 Å². The molecule has 1 aromatic carbocycles. The van der Waals surface area contributed by atoms with Crippen LogP contribution in [-0.2, 0) is 0 Å². The van der Waals surface area contributed by atoms with Crippen LogP contribution in [0.4, 0.5) is 5.69 Å². The van der Waals surface area contributed by atoms with Crippen LogP contribution in [0.3, 0.4) is 0 Å². The van der Waals surface area contributed by atoms with Crippen molar-refractivity contribution in [3.05, 3.63) is 86.3 Å². The molecule has 12 heteroatoms. The Morgan fingerprint density at radius 2 is 1.91 bits per heavy atom. The smallest absolute Gasteiger partial charge is 0.274 e. The Labute approximate surface area is 220 Å². The molecule has 0 radical (unpaired) electrons. The number of aromatic nitrogens is 6. The zero-order chi connectivity index (χ0) is 24.5. The number of carbonyl (C=O) groups is 1. The summed E-state index contributed by atoms with van der Waals surface area (Å²) in [6.45, 7) is 1.86. The molecule has 0 aliphatic carbocycles. The molecule has 4 aromatic heterocycles. The van der Waals surface area contributed by atoms with Gasteiger partial charge in [-0.1, -0.05) is 38.8 Å². The molecule has 0 saturated carbocycles. The lowest BCUT2D eigenvalue weighted by Crippen LogP contribution is -2.19. The number of hydrogen-bond donors (Lipinski definition) is 1. The largest absolute Gasteiger partial charge is 0.333 e. The Hall–Kier alpha value is -3.41. The first-order chi connectivity index (χ1) is 16.9. The molecule has 0 atom stereocenters. The van der Waals surface area contributed by atoms with Crippen LogP contribution in [-0.4, -0.2) is 35.8 Å². The highest BCUT2D eigenvalue weighted by Crippen LogP contribution is 2.35. The Bertz CT molecular complexity index is 1550. The van der Waals surface area contributed by atoms with Crippen LogP contribution in [0.5, 0.6) is 0 Å². The summed E-state index contributed by atoms with van der Waals surface area (Å²) in [6, 6.07) is 14.0. The van der Waals surface area contributed by atoms with Crippen molar-refractivity contribution in [3.63, 3.8) is 0 Å². The van der Waals surface area contributed by atoms with E-state index in [9.17, 15) is 4.79 Å². The van der Waals surface area contributed by atoms with Gasteiger partial charge in [0, 0.05) is 22.9 Å². The average molecular weight is 616 g/mol. The number of halogens is 3. The van der Waals surface area contributed by atoms with Crippen molar-refractivity contribution in [2.75, 3.05) is 5.32 Å². The number of rotatable bonds is 5. The minimum Gasteiger partial charge on any atom is -0.333 e. The van der Waals surface area contributed by atoms with Crippen LogP contribution in [0.2, 0.25) is 5.02 Å². The van der Waals surface area contributed by atoms with E-state index in [4.69, 9.17) is 16.1 Å². The van der Waals surface area contributed by atoms with Gasteiger partial charge in [-0.2, -0.15) is 10.1 Å². The lowest BCUT2D eigenvalue weighted by Gasteiger charge is -2.13. The summed E-state index contributed by atoms with van der Waals surface area (Å²) in [6.07, 6.45) is 3.22. The maximum absolute atomic E-state index is 13.4. The molecule has 1 N–H and O–H groups in total. The third-order valence-corrected chi connectivity index (χ3v) is 6.08. The van der Waals surface area contributed by atoms with Crippen molar-refractivity contribution in [3.8, 4) is 28.8 Å². The van der Waals surface area contributed by atoms with Crippen LogP contribution in [0, 0.1) is 6.92 Å². The summed E-state index contributed by atoms with van der Waals surface area (Å²) >= 11 is 13.1. The number of carbonyl (C=O) groups excluding carboxylic acids is 1. The quantitative estimate of drug-likeness (QED) is 0.254. The van der Waals surface area contributed by atoms with Gasteiger partial charge in [0.15, 0.2) is 5.82 Å². The number of nitrogens with one attached hydrogen (secondary N) is 1. The Balaban J connectivity index is 1.54. The summed E-state index contributed by atoms with van der Waals surface area (Å²) in [5, 5.41) is 11.7. The van der Waals surface area contributed by atoms with Gasteiger partial charge in [0.2, 0.25) is 5.82 Å². The summed E-state index contributed by atoms with van der Waals surface area (Å²) in [7, 11) is 0. The Kier molecular flexibility index (Phi) is 6.46. The van der Waals surface area contributed by atoms with E-state index in [1.54, 1.807) is 48.8 Å². The predicted molar refractivity (Wildman–Crippen MR) is 137 cm³/mol. The van der Waals surface area contributed by atoms with E-state index in [2.05, 4.69) is 62.4 Å². The molecular formula is C23H14Br2ClN7O2. The molecule has 0 spiro atoms. The van der Waals surface area contributed by atoms with Crippen molar-refractivity contribution in [2.24, 2.45) is 0 Å². The summed E-state index contributed by atoms with van der Waals surface area (Å²) in [4.78, 5) is 26.4. The summed E-state index contributed by atoms with van der Waals surface area (Å²) < 4.78 is 8.15. The van der Waals surface area contributed by atoms with Crippen LogP contribution < -0.4 is 5.32 Å². The molecule has 5 rings (SSSR count). The fourth-order valence-electron chi connectivity index (χ4n) is 3.40. The topological polar surface area (TPSA) is 112 Å². The number of pyridine rings is 2. The van der Waals surface area contributed by atoms with Crippen molar-refractivity contribution < 1.29 is 9.32 Å². The Morgan fingerprint density at radius 3 is 2.69 bits per heavy atom. The van der Waals surface area contributed by atoms with Gasteiger partial charge in [-0.15, -0.1) is 0 Å². The maximum Gasteiger partial charge on any atom is 0.274 e. The van der Waals surface area contributed by atoms with Gasteiger partial charge < -0.3 is 9.84 Å². The molecule has 0 aliphatic rings. The van der Waals surface area contributed by atoms with Gasteiger partial charge in [-0.25, -0.2) is 9.67 Å². The molecule has 0 saturated heterocycles. The molecule has 0 fully saturated rings. The summed E-state index contributed by atoms with van der Waals surface area (Å²) in [5.74, 6) is 0.464. The highest BCUT2D eigenvalue weighted by Gasteiger charge is 2.23. The molecule has 9 nitrogen and oxygen atoms in total. The minimum atomic E-state index is -0.430. The number of amides is 1. The summed E-state index contributed by atoms with van der Waals surface area (Å²) in [5.41, 5.74) is 2.62. The monoisotopic (exact) mass is 613 g/mol. The lowest BCUT2D eigenvalue weighted by molar-refractivity contribution is 0.101. The number of nitrogens with zero attached hydrogens (tertiary/aromatic N) is 6. The Morgan fingerprint density at radius 1 is 1.09 bits per heavy atom. The van der Waals surface area contributed by atoms with Crippen LogP contribution >= 0.6 is 43.5 Å². The van der Waals surface area contributed by atoms with E-state index in [-0.39, 0.29) is 11.6 Å². The first-order valence-corrected chi connectivity index (χ1v) is 12.1. The van der Waals surface area contributed by atoms with Gasteiger partial charge >= 0.3 is 0 Å². The van der Waals surface area contributed by atoms with Crippen molar-refractivity contribution in [2.45, 2.75) is 6.92 Å². The standard InChI is InChI=1S/C23H14Br2ClN7O2/c1-12-9-13(24)10-14(23-30-20(32-35-23)16-6-2-3-7-27-16)19(12)29-22(34)17-11-18(25)31-33(17)21-15(26)5-4-8-28-21/h2-11H,1H3,(H,29,34). The molecule has 4 heterocycles. The highest BCUT2D eigenvalue weighted by atomic mass is 79.9. The molecule has 174 valence electrons. The molecule has 0 aliphatic heterocycles. The second-order valence-corrected chi connectivity index (χ2v) is 9.45. The lowest BCUT2D eigenvalue weighted by atomic mass is 10.1. The minimum absolute atomic E-state index is 0.227. The van der Waals surface area contributed by atoms with Gasteiger partial charge in [-0.3, -0.25) is 9.78 Å². The molecule has 35 heavy (non-hydrogen) atoms. The first-order valence-electron chi connectivity index (χ1n) is 10.1. The van der Waals surface area contributed by atoms with Gasteiger partial charge in [0.05, 0.1) is 16.3 Å². The first kappa shape index (κ1) is 23.3. The van der Waals surface area contributed by atoms with E-state index < -0.39 is 5.91 Å². The van der Waals surface area contributed by atoms with Crippen molar-refractivity contribution >= 4 is 55.1 Å². The van der Waals surface area contributed by atoms with Gasteiger partial charge in [0.25, 0.3) is 11.8 Å². The molecule has 0 bridgehead atoms. The third-order valence-electron chi connectivity index (χ3n) is 4.94. The fraction of sp³-hybridized carbons (Fsp3) is 0.0435. The SMILES string of the molecule is Cc1cc(Br)cc(-c2nc(-c3ccccn3)no2)c1NC(=O)c1cc(Br)nn1-c1ncccc1Cl. The molecular weight excluding hydrogens is 602 g/mol. The van der Waals surface area contributed by atoms with Crippen molar-refractivity contribution in [1.29, 1.82) is 0 Å². The van der Waals surface area contributed by atoms with E-state index in [1.807, 2.05) is 19.1 Å². The van der Waals surface area contributed by atoms with Crippen molar-refractivity contribution in [1.82, 2.24) is 29.9 Å². The second-order valence-electron chi connectivity index (χ2n) is 7.31. The van der Waals surface area contributed by atoms with E-state index >= 15 is 0 Å². The second kappa shape index (κ2) is 9.68. The average Bonchev–Trinajstić information content (AvgIpc) is 3.49. The molecule has 5 aromatic rings. The highest BCUT2D eigenvalue weighted by molar-refractivity contribution is 9.10. The number of benzene rings is 1. The van der Waals surface area contributed by atoms with Crippen LogP contribution in [0.15, 0.2) is 74.5 Å².